The lowest BCUT2D eigenvalue weighted by molar-refractivity contribution is 0.0928. The lowest BCUT2D eigenvalue weighted by Crippen LogP contribution is -2.36. The number of nitrogens with one attached hydrogen (secondary N) is 1. The molecular weight excluding hydrogens is 217 g/mol. The van der Waals surface area contributed by atoms with Gasteiger partial charge in [0, 0.05) is 18.5 Å². The van der Waals surface area contributed by atoms with Gasteiger partial charge < -0.3 is 10.1 Å². The summed E-state index contributed by atoms with van der Waals surface area (Å²) in [7, 11) is 1.97. The molecule has 2 nitrogen and oxygen atoms in total. The van der Waals surface area contributed by atoms with Gasteiger partial charge in [0.1, 0.15) is 17.7 Å². The second-order valence-electron chi connectivity index (χ2n) is 4.72. The fraction of sp³-hybridized carbons (Fsp3) is 0.571. The van der Waals surface area contributed by atoms with E-state index in [9.17, 15) is 4.39 Å². The number of ether oxygens (including phenoxy) is 1. The van der Waals surface area contributed by atoms with E-state index in [4.69, 9.17) is 4.74 Å². The van der Waals surface area contributed by atoms with Crippen molar-refractivity contribution in [2.75, 3.05) is 13.6 Å². The Morgan fingerprint density at radius 2 is 2.18 bits per heavy atom. The van der Waals surface area contributed by atoms with E-state index in [0.717, 1.165) is 13.0 Å². The Balaban J connectivity index is 2.00. The van der Waals surface area contributed by atoms with Crippen LogP contribution in [0.1, 0.15) is 25.7 Å². The number of hydrogen-bond acceptors (Lipinski definition) is 2. The molecule has 1 saturated carbocycles. The minimum absolute atomic E-state index is 0.220. The van der Waals surface area contributed by atoms with Crippen LogP contribution in [0.5, 0.6) is 5.75 Å². The molecule has 2 atom stereocenters. The number of rotatable bonds is 4. The molecule has 0 heterocycles. The van der Waals surface area contributed by atoms with Crippen molar-refractivity contribution < 1.29 is 9.13 Å². The molecule has 1 aliphatic rings. The Labute approximate surface area is 102 Å². The van der Waals surface area contributed by atoms with Crippen molar-refractivity contribution in [3.05, 3.63) is 30.1 Å². The maximum atomic E-state index is 13.1. The molecule has 1 fully saturated rings. The van der Waals surface area contributed by atoms with Crippen LogP contribution in [0.3, 0.4) is 0 Å². The largest absolute Gasteiger partial charge is 0.490 e. The summed E-state index contributed by atoms with van der Waals surface area (Å²) in [5.41, 5.74) is 0. The van der Waals surface area contributed by atoms with E-state index in [2.05, 4.69) is 5.32 Å². The monoisotopic (exact) mass is 237 g/mol. The molecule has 2 unspecified atom stereocenters. The second-order valence-corrected chi connectivity index (χ2v) is 4.72. The van der Waals surface area contributed by atoms with Gasteiger partial charge >= 0.3 is 0 Å². The highest BCUT2D eigenvalue weighted by Gasteiger charge is 2.26. The summed E-state index contributed by atoms with van der Waals surface area (Å²) in [6.07, 6.45) is 4.97. The highest BCUT2D eigenvalue weighted by molar-refractivity contribution is 5.22. The van der Waals surface area contributed by atoms with Gasteiger partial charge in [-0.05, 0) is 38.4 Å². The fourth-order valence-electron chi connectivity index (χ4n) is 2.54. The van der Waals surface area contributed by atoms with Crippen LogP contribution in [0.4, 0.5) is 4.39 Å². The minimum atomic E-state index is -0.233. The Hall–Kier alpha value is -1.09. The van der Waals surface area contributed by atoms with Gasteiger partial charge in [-0.3, -0.25) is 0 Å². The van der Waals surface area contributed by atoms with E-state index in [0.29, 0.717) is 11.7 Å². The van der Waals surface area contributed by atoms with E-state index >= 15 is 0 Å². The summed E-state index contributed by atoms with van der Waals surface area (Å²) in [6, 6.07) is 6.43. The van der Waals surface area contributed by atoms with Crippen molar-refractivity contribution >= 4 is 0 Å². The van der Waals surface area contributed by atoms with Gasteiger partial charge in [-0.15, -0.1) is 0 Å². The molecule has 0 bridgehead atoms. The van der Waals surface area contributed by atoms with Crippen LogP contribution >= 0.6 is 0 Å². The maximum Gasteiger partial charge on any atom is 0.126 e. The summed E-state index contributed by atoms with van der Waals surface area (Å²) in [6.45, 7) is 0.972. The lowest BCUT2D eigenvalue weighted by atomic mass is 9.86. The smallest absolute Gasteiger partial charge is 0.126 e. The van der Waals surface area contributed by atoms with Crippen molar-refractivity contribution in [2.45, 2.75) is 31.8 Å². The van der Waals surface area contributed by atoms with E-state index in [1.807, 2.05) is 13.1 Å². The quantitative estimate of drug-likeness (QED) is 0.869. The van der Waals surface area contributed by atoms with Crippen LogP contribution in [0.15, 0.2) is 24.3 Å². The third kappa shape index (κ3) is 3.43. The third-order valence-electron chi connectivity index (χ3n) is 3.39. The Morgan fingerprint density at radius 3 is 2.94 bits per heavy atom. The highest BCUT2D eigenvalue weighted by Crippen LogP contribution is 2.28. The molecule has 3 heteroatoms. The second kappa shape index (κ2) is 6.01. The zero-order valence-electron chi connectivity index (χ0n) is 10.3. The fourth-order valence-corrected chi connectivity index (χ4v) is 2.54. The van der Waals surface area contributed by atoms with Gasteiger partial charge in [0.05, 0.1) is 0 Å². The molecule has 0 radical (unpaired) electrons. The SMILES string of the molecule is CNCC1CCCCC1Oc1cccc(F)c1. The molecule has 0 aliphatic heterocycles. The summed E-state index contributed by atoms with van der Waals surface area (Å²) >= 11 is 0. The van der Waals surface area contributed by atoms with Crippen molar-refractivity contribution in [3.8, 4) is 5.75 Å². The minimum Gasteiger partial charge on any atom is -0.490 e. The van der Waals surface area contributed by atoms with Crippen molar-refractivity contribution in [3.63, 3.8) is 0 Å². The van der Waals surface area contributed by atoms with Gasteiger partial charge in [0.15, 0.2) is 0 Å². The topological polar surface area (TPSA) is 21.3 Å². The summed E-state index contributed by atoms with van der Waals surface area (Å²) in [4.78, 5) is 0. The van der Waals surface area contributed by atoms with Gasteiger partial charge in [-0.25, -0.2) is 4.39 Å². The van der Waals surface area contributed by atoms with Crippen LogP contribution < -0.4 is 10.1 Å². The average Bonchev–Trinajstić information content (AvgIpc) is 2.32. The summed E-state index contributed by atoms with van der Waals surface area (Å²) < 4.78 is 19.0. The van der Waals surface area contributed by atoms with Crippen molar-refractivity contribution in [2.24, 2.45) is 5.92 Å². The highest BCUT2D eigenvalue weighted by atomic mass is 19.1. The maximum absolute atomic E-state index is 13.1. The van der Waals surface area contributed by atoms with Crippen LogP contribution in [-0.2, 0) is 0 Å². The van der Waals surface area contributed by atoms with Crippen molar-refractivity contribution in [1.29, 1.82) is 0 Å². The van der Waals surface area contributed by atoms with Gasteiger partial charge in [-0.1, -0.05) is 12.5 Å². The average molecular weight is 237 g/mol. The summed E-state index contributed by atoms with van der Waals surface area (Å²) in [5.74, 6) is 0.957. The molecule has 0 aromatic heterocycles. The first-order chi connectivity index (χ1) is 8.29. The Kier molecular flexibility index (Phi) is 4.37. The van der Waals surface area contributed by atoms with E-state index < -0.39 is 0 Å². The number of hydrogen-bond donors (Lipinski definition) is 1. The Morgan fingerprint density at radius 1 is 1.35 bits per heavy atom. The molecule has 0 saturated heterocycles. The number of halogens is 1. The van der Waals surface area contributed by atoms with Gasteiger partial charge in [0.2, 0.25) is 0 Å². The first kappa shape index (κ1) is 12.4. The van der Waals surface area contributed by atoms with Crippen molar-refractivity contribution in [1.82, 2.24) is 5.32 Å². The molecule has 2 rings (SSSR count). The predicted octanol–water partition coefficient (Wildman–Crippen LogP) is 2.98. The van der Waals surface area contributed by atoms with E-state index in [1.165, 1.54) is 31.4 Å². The summed E-state index contributed by atoms with van der Waals surface area (Å²) in [5, 5.41) is 3.21. The van der Waals surface area contributed by atoms with Crippen LogP contribution in [0.2, 0.25) is 0 Å². The first-order valence-corrected chi connectivity index (χ1v) is 6.36. The normalized spacial score (nSPS) is 24.6. The van der Waals surface area contributed by atoms with E-state index in [-0.39, 0.29) is 11.9 Å². The molecule has 1 N–H and O–H groups in total. The van der Waals surface area contributed by atoms with Crippen LogP contribution in [-0.4, -0.2) is 19.7 Å². The first-order valence-electron chi connectivity index (χ1n) is 6.36. The van der Waals surface area contributed by atoms with Crippen LogP contribution in [0, 0.1) is 11.7 Å². The zero-order valence-corrected chi connectivity index (χ0v) is 10.3. The molecule has 94 valence electrons. The van der Waals surface area contributed by atoms with Gasteiger partial charge in [-0.2, -0.15) is 0 Å². The zero-order chi connectivity index (χ0) is 12.1. The molecule has 1 aliphatic carbocycles. The molecular formula is C14H20FNO. The molecule has 0 amide bonds. The lowest BCUT2D eigenvalue weighted by Gasteiger charge is -2.31. The van der Waals surface area contributed by atoms with E-state index in [1.54, 1.807) is 6.07 Å². The van der Waals surface area contributed by atoms with Gasteiger partial charge in [0.25, 0.3) is 0 Å². The predicted molar refractivity (Wildman–Crippen MR) is 66.7 cm³/mol. The number of benzene rings is 1. The standard InChI is InChI=1S/C14H20FNO/c1-16-10-11-5-2-3-8-14(11)17-13-7-4-6-12(15)9-13/h4,6-7,9,11,14,16H,2-3,5,8,10H2,1H3. The molecule has 1 aromatic rings. The molecule has 0 spiro atoms. The third-order valence-corrected chi connectivity index (χ3v) is 3.39. The Bertz CT molecular complexity index is 354. The van der Waals surface area contributed by atoms with Crippen LogP contribution in [0.25, 0.3) is 0 Å². The molecule has 1 aromatic carbocycles. The molecule has 17 heavy (non-hydrogen) atoms.